The third-order valence-electron chi connectivity index (χ3n) is 4.35. The maximum Gasteiger partial charge on any atom is 0.337 e. The lowest BCUT2D eigenvalue weighted by Gasteiger charge is -2.31. The third-order valence-corrected chi connectivity index (χ3v) is 5.29. The number of carbonyl (C=O) groups is 1. The number of benzene rings is 1. The number of likely N-dealkylation sites (tertiary alicyclic amines) is 1. The first kappa shape index (κ1) is 17.1. The van der Waals surface area contributed by atoms with Gasteiger partial charge in [0.15, 0.2) is 0 Å². The highest BCUT2D eigenvalue weighted by molar-refractivity contribution is 7.13. The molecule has 128 valence electrons. The number of hydrogen-bond acceptors (Lipinski definition) is 6. The van der Waals surface area contributed by atoms with Crippen molar-refractivity contribution < 1.29 is 14.6 Å². The average molecular weight is 346 g/mol. The van der Waals surface area contributed by atoms with Crippen LogP contribution in [0.3, 0.4) is 0 Å². The highest BCUT2D eigenvalue weighted by atomic mass is 32.1. The predicted molar refractivity (Wildman–Crippen MR) is 94.0 cm³/mol. The van der Waals surface area contributed by atoms with Crippen molar-refractivity contribution in [1.82, 2.24) is 9.88 Å². The van der Waals surface area contributed by atoms with Crippen molar-refractivity contribution in [3.8, 4) is 10.6 Å². The number of carbonyl (C=O) groups excluding carboxylic acids is 1. The van der Waals surface area contributed by atoms with Crippen LogP contribution in [0.2, 0.25) is 0 Å². The van der Waals surface area contributed by atoms with Gasteiger partial charge in [0.1, 0.15) is 5.01 Å². The molecule has 1 aromatic heterocycles. The number of methoxy groups -OCH3 is 1. The van der Waals surface area contributed by atoms with Crippen molar-refractivity contribution in [1.29, 1.82) is 0 Å². The number of hydrogen-bond donors (Lipinski definition) is 1. The zero-order chi connectivity index (χ0) is 16.9. The highest BCUT2D eigenvalue weighted by Crippen LogP contribution is 2.26. The molecule has 0 aliphatic carbocycles. The van der Waals surface area contributed by atoms with E-state index >= 15 is 0 Å². The normalized spacial score (nSPS) is 18.5. The fraction of sp³-hybridized carbons (Fsp3) is 0.444. The monoisotopic (exact) mass is 346 g/mol. The van der Waals surface area contributed by atoms with Crippen molar-refractivity contribution in [2.75, 3.05) is 26.8 Å². The molecule has 24 heavy (non-hydrogen) atoms. The Morgan fingerprint density at radius 1 is 1.42 bits per heavy atom. The summed E-state index contributed by atoms with van der Waals surface area (Å²) in [5.74, 6) is 0.0626. The Kier molecular flexibility index (Phi) is 5.60. The van der Waals surface area contributed by atoms with E-state index in [-0.39, 0.29) is 12.6 Å². The second-order valence-corrected chi connectivity index (χ2v) is 7.00. The molecule has 1 unspecified atom stereocenters. The van der Waals surface area contributed by atoms with Gasteiger partial charge in [-0.3, -0.25) is 4.90 Å². The molecule has 6 heteroatoms. The van der Waals surface area contributed by atoms with Gasteiger partial charge in [0.25, 0.3) is 0 Å². The summed E-state index contributed by atoms with van der Waals surface area (Å²) in [6.07, 6.45) is 2.25. The number of aromatic nitrogens is 1. The molecule has 0 radical (unpaired) electrons. The molecule has 3 rings (SSSR count). The molecule has 1 atom stereocenters. The van der Waals surface area contributed by atoms with Gasteiger partial charge in [-0.2, -0.15) is 0 Å². The molecule has 5 nitrogen and oxygen atoms in total. The van der Waals surface area contributed by atoms with Crippen LogP contribution in [-0.4, -0.2) is 47.8 Å². The molecule has 0 amide bonds. The Balaban J connectivity index is 1.66. The molecule has 1 aliphatic rings. The van der Waals surface area contributed by atoms with E-state index in [2.05, 4.69) is 10.3 Å². The molecule has 1 N–H and O–H groups in total. The average Bonchev–Trinajstić information content (AvgIpc) is 3.09. The topological polar surface area (TPSA) is 62.7 Å². The second-order valence-electron chi connectivity index (χ2n) is 6.14. The van der Waals surface area contributed by atoms with Crippen LogP contribution in [-0.2, 0) is 11.3 Å². The minimum atomic E-state index is -0.329. The van der Waals surface area contributed by atoms with Crippen LogP contribution >= 0.6 is 11.3 Å². The van der Waals surface area contributed by atoms with E-state index in [0.717, 1.165) is 48.7 Å². The Hall–Kier alpha value is -1.76. The molecule has 1 fully saturated rings. The van der Waals surface area contributed by atoms with Gasteiger partial charge in [-0.15, -0.1) is 11.3 Å². The Labute approximate surface area is 145 Å². The van der Waals surface area contributed by atoms with E-state index in [0.29, 0.717) is 11.5 Å². The number of thiazole rings is 1. The van der Waals surface area contributed by atoms with Crippen molar-refractivity contribution in [2.24, 2.45) is 5.92 Å². The smallest absolute Gasteiger partial charge is 0.337 e. The molecule has 2 heterocycles. The summed E-state index contributed by atoms with van der Waals surface area (Å²) in [6.45, 7) is 3.10. The standard InChI is InChI=1S/C18H22N2O3S/c1-23-18(22)15-6-4-14(5-7-15)17-19-16(12-24-17)10-20-8-2-3-13(9-20)11-21/h4-7,12-13,21H,2-3,8-11H2,1H3. The molecule has 0 saturated carbocycles. The fourth-order valence-electron chi connectivity index (χ4n) is 3.05. The van der Waals surface area contributed by atoms with E-state index in [1.54, 1.807) is 23.5 Å². The van der Waals surface area contributed by atoms with Crippen LogP contribution in [0.4, 0.5) is 0 Å². The van der Waals surface area contributed by atoms with E-state index in [1.165, 1.54) is 7.11 Å². The lowest BCUT2D eigenvalue weighted by molar-refractivity contribution is 0.0601. The van der Waals surface area contributed by atoms with Crippen LogP contribution in [0.15, 0.2) is 29.6 Å². The van der Waals surface area contributed by atoms with Crippen LogP contribution < -0.4 is 0 Å². The highest BCUT2D eigenvalue weighted by Gasteiger charge is 2.20. The van der Waals surface area contributed by atoms with Gasteiger partial charge in [-0.1, -0.05) is 12.1 Å². The van der Waals surface area contributed by atoms with Gasteiger partial charge in [-0.25, -0.2) is 9.78 Å². The van der Waals surface area contributed by atoms with E-state index in [1.807, 2.05) is 12.1 Å². The van der Waals surface area contributed by atoms with Crippen LogP contribution in [0.1, 0.15) is 28.9 Å². The molecule has 1 aliphatic heterocycles. The molecule has 2 aromatic rings. The number of ether oxygens (including phenoxy) is 1. The quantitative estimate of drug-likeness (QED) is 0.844. The summed E-state index contributed by atoms with van der Waals surface area (Å²) < 4.78 is 4.71. The zero-order valence-electron chi connectivity index (χ0n) is 13.8. The third kappa shape index (κ3) is 4.01. The molecule has 1 saturated heterocycles. The van der Waals surface area contributed by atoms with E-state index in [9.17, 15) is 9.90 Å². The molecule has 0 bridgehead atoms. The van der Waals surface area contributed by atoms with Gasteiger partial charge in [0, 0.05) is 30.6 Å². The number of nitrogens with zero attached hydrogens (tertiary/aromatic N) is 2. The molecule has 0 spiro atoms. The first-order valence-electron chi connectivity index (χ1n) is 8.16. The first-order valence-corrected chi connectivity index (χ1v) is 9.04. The first-order chi connectivity index (χ1) is 11.7. The van der Waals surface area contributed by atoms with Gasteiger partial charge in [0.2, 0.25) is 0 Å². The number of piperidine rings is 1. The number of rotatable bonds is 5. The largest absolute Gasteiger partial charge is 0.465 e. The number of aliphatic hydroxyl groups excluding tert-OH is 1. The number of esters is 1. The lowest BCUT2D eigenvalue weighted by atomic mass is 9.99. The van der Waals surface area contributed by atoms with Crippen LogP contribution in [0.5, 0.6) is 0 Å². The Morgan fingerprint density at radius 2 is 2.21 bits per heavy atom. The summed E-state index contributed by atoms with van der Waals surface area (Å²) in [7, 11) is 1.38. The minimum Gasteiger partial charge on any atom is -0.465 e. The van der Waals surface area contributed by atoms with E-state index in [4.69, 9.17) is 9.72 Å². The fourth-order valence-corrected chi connectivity index (χ4v) is 3.87. The second kappa shape index (κ2) is 7.88. The maximum atomic E-state index is 11.5. The maximum absolute atomic E-state index is 11.5. The lowest BCUT2D eigenvalue weighted by Crippen LogP contribution is -2.36. The van der Waals surface area contributed by atoms with Gasteiger partial charge >= 0.3 is 5.97 Å². The number of aliphatic hydroxyl groups is 1. The van der Waals surface area contributed by atoms with Crippen LogP contribution in [0, 0.1) is 5.92 Å². The van der Waals surface area contributed by atoms with Crippen LogP contribution in [0.25, 0.3) is 10.6 Å². The molecule has 1 aromatic carbocycles. The van der Waals surface area contributed by atoms with Crippen molar-refractivity contribution >= 4 is 17.3 Å². The summed E-state index contributed by atoms with van der Waals surface area (Å²) in [4.78, 5) is 18.6. The van der Waals surface area contributed by atoms with Crippen molar-refractivity contribution in [3.05, 3.63) is 40.9 Å². The Morgan fingerprint density at radius 3 is 2.92 bits per heavy atom. The molecular weight excluding hydrogens is 324 g/mol. The van der Waals surface area contributed by atoms with Gasteiger partial charge in [0.05, 0.1) is 18.4 Å². The summed E-state index contributed by atoms with van der Waals surface area (Å²) in [5, 5.41) is 12.4. The zero-order valence-corrected chi connectivity index (χ0v) is 14.6. The molecular formula is C18H22N2O3S. The van der Waals surface area contributed by atoms with Gasteiger partial charge in [-0.05, 0) is 37.4 Å². The van der Waals surface area contributed by atoms with Gasteiger partial charge < -0.3 is 9.84 Å². The minimum absolute atomic E-state index is 0.269. The van der Waals surface area contributed by atoms with Crippen molar-refractivity contribution in [2.45, 2.75) is 19.4 Å². The SMILES string of the molecule is COC(=O)c1ccc(-c2nc(CN3CCCC(CO)C3)cs2)cc1. The van der Waals surface area contributed by atoms with E-state index < -0.39 is 0 Å². The summed E-state index contributed by atoms with van der Waals surface area (Å²) >= 11 is 1.61. The summed E-state index contributed by atoms with van der Waals surface area (Å²) in [5.41, 5.74) is 2.61. The Bertz CT molecular complexity index is 684. The van der Waals surface area contributed by atoms with Crippen molar-refractivity contribution in [3.63, 3.8) is 0 Å². The predicted octanol–water partition coefficient (Wildman–Crippen LogP) is 2.80. The summed E-state index contributed by atoms with van der Waals surface area (Å²) in [6, 6.07) is 7.33.